The lowest BCUT2D eigenvalue weighted by Gasteiger charge is -2.25. The van der Waals surface area contributed by atoms with Gasteiger partial charge in [0.25, 0.3) is 0 Å². The number of carboxylic acids is 1. The molecule has 0 fully saturated rings. The lowest BCUT2D eigenvalue weighted by atomic mass is 9.97. The van der Waals surface area contributed by atoms with Crippen LogP contribution in [0.2, 0.25) is 0 Å². The van der Waals surface area contributed by atoms with E-state index in [9.17, 15) is 38.7 Å². The number of nitrogens with zero attached hydrogens (tertiary/aromatic N) is 2. The number of guanidine groups is 2. The number of hydrogen-bond donors (Lipinski definition) is 12. The minimum atomic E-state index is -1.30. The number of aliphatic imine (C=N–C) groups is 2. The van der Waals surface area contributed by atoms with Gasteiger partial charge in [-0.15, -0.1) is 0 Å². The zero-order valence-electron chi connectivity index (χ0n) is 30.0. The number of carboxylic acid groups (broad SMARTS) is 1. The van der Waals surface area contributed by atoms with Crippen LogP contribution >= 0.6 is 0 Å². The van der Waals surface area contributed by atoms with E-state index < -0.39 is 84.7 Å². The summed E-state index contributed by atoms with van der Waals surface area (Å²) in [5, 5.41) is 23.9. The Labute approximate surface area is 297 Å². The van der Waals surface area contributed by atoms with Crippen molar-refractivity contribution in [3.8, 4) is 0 Å². The molecule has 0 spiro atoms. The zero-order chi connectivity index (χ0) is 39.3. The third-order valence-electron chi connectivity index (χ3n) is 7.58. The minimum Gasteiger partial charge on any atom is -0.480 e. The van der Waals surface area contributed by atoms with Crippen molar-refractivity contribution >= 4 is 53.3 Å². The van der Waals surface area contributed by atoms with Gasteiger partial charge in [-0.1, -0.05) is 34.1 Å². The van der Waals surface area contributed by atoms with Crippen LogP contribution in [0.1, 0.15) is 66.7 Å². The van der Waals surface area contributed by atoms with Gasteiger partial charge < -0.3 is 65.7 Å². The molecule has 0 unspecified atom stereocenters. The lowest BCUT2D eigenvalue weighted by Crippen LogP contribution is -2.56. The Balaban J connectivity index is 5.52. The second-order valence-electron chi connectivity index (χ2n) is 12.3. The van der Waals surface area contributed by atoms with E-state index in [1.807, 2.05) is 13.8 Å². The molecule has 0 aliphatic carbocycles. The molecule has 21 nitrogen and oxygen atoms in total. The van der Waals surface area contributed by atoms with E-state index in [0.717, 1.165) is 0 Å². The second-order valence-corrected chi connectivity index (χ2v) is 12.3. The van der Waals surface area contributed by atoms with Gasteiger partial charge in [-0.25, -0.2) is 0 Å². The van der Waals surface area contributed by atoms with Crippen molar-refractivity contribution in [2.75, 3.05) is 26.2 Å². The molecular formula is C30H57N13O8. The number of aliphatic carboxylic acids is 1. The number of amides is 6. The van der Waals surface area contributed by atoms with E-state index >= 15 is 0 Å². The topological polar surface area (TPSA) is 367 Å². The van der Waals surface area contributed by atoms with Crippen molar-refractivity contribution < 1.29 is 38.7 Å². The summed E-state index contributed by atoms with van der Waals surface area (Å²) in [5.41, 5.74) is 27.3. The summed E-state index contributed by atoms with van der Waals surface area (Å²) >= 11 is 0. The van der Waals surface area contributed by atoms with Crippen molar-refractivity contribution in [2.45, 2.75) is 96.9 Å². The molecule has 0 aliphatic heterocycles. The van der Waals surface area contributed by atoms with Crippen LogP contribution in [0.4, 0.5) is 0 Å². The van der Waals surface area contributed by atoms with Gasteiger partial charge in [0, 0.05) is 13.1 Å². The predicted octanol–water partition coefficient (Wildman–Crippen LogP) is -4.60. The third kappa shape index (κ3) is 19.5. The standard InChI is InChI=1S/C30H57N13O8/c1-6-16(4)22(31)26(48)43-23(15(2)3)27(49)39-13-20(44)38-14-21(45)41-18(9-7-11-36-29(32)33)25(47)42-19(10-8-12-37-30(34)35)24(46)40-17(5)28(50)51/h15-19,22-23H,6-14,31H2,1-5H3,(H,38,44)(H,39,49)(H,40,46)(H,41,45)(H,42,47)(H,43,48)(H,50,51)(H4,32,33,36)(H4,34,35,37)/t16-,17-,18-,19-,22-,23-/m0/s1. The normalized spacial score (nSPS) is 14.3. The molecule has 17 N–H and O–H groups in total. The summed E-state index contributed by atoms with van der Waals surface area (Å²) < 4.78 is 0. The summed E-state index contributed by atoms with van der Waals surface area (Å²) in [6.45, 7) is 7.50. The van der Waals surface area contributed by atoms with Crippen LogP contribution < -0.4 is 60.6 Å². The minimum absolute atomic E-state index is 0.00915. The summed E-state index contributed by atoms with van der Waals surface area (Å²) in [6, 6.07) is -5.50. The molecule has 0 rings (SSSR count). The van der Waals surface area contributed by atoms with Crippen LogP contribution in [-0.2, 0) is 33.6 Å². The fourth-order valence-corrected chi connectivity index (χ4v) is 4.25. The van der Waals surface area contributed by atoms with Gasteiger partial charge in [-0.2, -0.15) is 0 Å². The summed E-state index contributed by atoms with van der Waals surface area (Å²) in [6.07, 6.45) is 1.15. The van der Waals surface area contributed by atoms with Gasteiger partial charge in [0.2, 0.25) is 35.4 Å². The Morgan fingerprint density at radius 3 is 1.61 bits per heavy atom. The fourth-order valence-electron chi connectivity index (χ4n) is 4.25. The van der Waals surface area contributed by atoms with E-state index in [2.05, 4.69) is 41.9 Å². The summed E-state index contributed by atoms with van der Waals surface area (Å²) in [5.74, 6) is -6.31. The highest BCUT2D eigenvalue weighted by Gasteiger charge is 2.30. The Bertz CT molecular complexity index is 1250. The molecule has 0 aromatic rings. The zero-order valence-corrected chi connectivity index (χ0v) is 30.0. The smallest absolute Gasteiger partial charge is 0.325 e. The Hall–Kier alpha value is -5.21. The molecule has 0 aliphatic rings. The second kappa shape index (κ2) is 24.0. The maximum absolute atomic E-state index is 13.3. The van der Waals surface area contributed by atoms with E-state index in [1.165, 1.54) is 6.92 Å². The van der Waals surface area contributed by atoms with Crippen LogP contribution in [0.3, 0.4) is 0 Å². The molecule has 51 heavy (non-hydrogen) atoms. The predicted molar refractivity (Wildman–Crippen MR) is 189 cm³/mol. The summed E-state index contributed by atoms with van der Waals surface area (Å²) in [7, 11) is 0. The molecule has 0 aromatic carbocycles. The Morgan fingerprint density at radius 2 is 1.14 bits per heavy atom. The first-order valence-electron chi connectivity index (χ1n) is 16.6. The molecule has 0 heterocycles. The highest BCUT2D eigenvalue weighted by molar-refractivity contribution is 5.95. The molecule has 0 saturated carbocycles. The first-order valence-corrected chi connectivity index (χ1v) is 16.6. The Morgan fingerprint density at radius 1 is 0.647 bits per heavy atom. The van der Waals surface area contributed by atoms with Crippen LogP contribution in [0.5, 0.6) is 0 Å². The Kier molecular flexibility index (Phi) is 21.6. The van der Waals surface area contributed by atoms with Crippen LogP contribution in [0.15, 0.2) is 9.98 Å². The first-order chi connectivity index (χ1) is 23.8. The number of hydrogen-bond acceptors (Lipinski definition) is 10. The van der Waals surface area contributed by atoms with Gasteiger partial charge in [0.1, 0.15) is 24.2 Å². The molecule has 0 saturated heterocycles. The highest BCUT2D eigenvalue weighted by Crippen LogP contribution is 2.08. The average Bonchev–Trinajstić information content (AvgIpc) is 3.06. The monoisotopic (exact) mass is 727 g/mol. The van der Waals surface area contributed by atoms with Gasteiger partial charge in [0.15, 0.2) is 11.9 Å². The molecule has 21 heteroatoms. The molecule has 6 amide bonds. The number of carbonyl (C=O) groups is 7. The van der Waals surface area contributed by atoms with Crippen molar-refractivity contribution in [3.63, 3.8) is 0 Å². The molecular weight excluding hydrogens is 670 g/mol. The third-order valence-corrected chi connectivity index (χ3v) is 7.58. The van der Waals surface area contributed by atoms with Gasteiger partial charge in [-0.3, -0.25) is 43.5 Å². The fraction of sp³-hybridized carbons (Fsp3) is 0.700. The lowest BCUT2D eigenvalue weighted by molar-refractivity contribution is -0.141. The van der Waals surface area contributed by atoms with Crippen LogP contribution in [-0.4, -0.2) is 115 Å². The van der Waals surface area contributed by atoms with Gasteiger partial charge in [0.05, 0.1) is 19.1 Å². The average molecular weight is 728 g/mol. The quantitative estimate of drug-likeness (QED) is 0.0253. The maximum atomic E-state index is 13.3. The van der Waals surface area contributed by atoms with E-state index in [1.54, 1.807) is 13.8 Å². The molecule has 6 atom stereocenters. The largest absolute Gasteiger partial charge is 0.480 e. The number of rotatable bonds is 24. The van der Waals surface area contributed by atoms with Crippen molar-refractivity contribution in [3.05, 3.63) is 0 Å². The van der Waals surface area contributed by atoms with Gasteiger partial charge in [-0.05, 0) is 44.4 Å². The van der Waals surface area contributed by atoms with Crippen molar-refractivity contribution in [1.82, 2.24) is 31.9 Å². The number of carbonyl (C=O) groups excluding carboxylic acids is 6. The van der Waals surface area contributed by atoms with E-state index in [4.69, 9.17) is 28.7 Å². The van der Waals surface area contributed by atoms with Crippen LogP contribution in [0, 0.1) is 11.8 Å². The van der Waals surface area contributed by atoms with Crippen molar-refractivity contribution in [2.24, 2.45) is 50.5 Å². The van der Waals surface area contributed by atoms with Gasteiger partial charge >= 0.3 is 5.97 Å². The van der Waals surface area contributed by atoms with Crippen LogP contribution in [0.25, 0.3) is 0 Å². The highest BCUT2D eigenvalue weighted by atomic mass is 16.4. The molecule has 0 radical (unpaired) electrons. The number of nitrogens with one attached hydrogen (secondary N) is 6. The first kappa shape index (κ1) is 45.8. The van der Waals surface area contributed by atoms with E-state index in [-0.39, 0.29) is 62.5 Å². The SMILES string of the molecule is CC[C@H](C)[C@H](N)C(=O)N[C@H](C(=O)NCC(=O)NCC(=O)N[C@@H](CCCN=C(N)N)C(=O)N[C@@H](CCCN=C(N)N)C(=O)N[C@@H](C)C(=O)O)C(C)C. The molecule has 290 valence electrons. The molecule has 0 aromatic heterocycles. The van der Waals surface area contributed by atoms with E-state index in [0.29, 0.717) is 6.42 Å². The maximum Gasteiger partial charge on any atom is 0.325 e. The number of nitrogens with two attached hydrogens (primary N) is 5. The molecule has 0 bridgehead atoms. The van der Waals surface area contributed by atoms with Crippen molar-refractivity contribution in [1.29, 1.82) is 0 Å². The summed E-state index contributed by atoms with van der Waals surface area (Å²) in [4.78, 5) is 95.8.